The Kier molecular flexibility index (Phi) is 4.43. The first-order valence-electron chi connectivity index (χ1n) is 4.61. The van der Waals surface area contributed by atoms with Gasteiger partial charge in [0.2, 0.25) is 5.28 Å². The highest BCUT2D eigenvalue weighted by Gasteiger charge is 2.33. The predicted molar refractivity (Wildman–Crippen MR) is 57.7 cm³/mol. The van der Waals surface area contributed by atoms with Crippen molar-refractivity contribution in [1.82, 2.24) is 9.97 Å². The molecule has 0 saturated heterocycles. The molecule has 90 valence electrons. The Balaban J connectivity index is 2.99. The smallest absolute Gasteiger partial charge is 0.213 e. The van der Waals surface area contributed by atoms with Crippen LogP contribution in [-0.2, 0) is 6.18 Å². The zero-order chi connectivity index (χ0) is 12.3. The Morgan fingerprint density at radius 1 is 1.44 bits per heavy atom. The van der Waals surface area contributed by atoms with Crippen molar-refractivity contribution < 1.29 is 13.2 Å². The van der Waals surface area contributed by atoms with Crippen molar-refractivity contribution in [2.24, 2.45) is 0 Å². The van der Waals surface area contributed by atoms with Crippen LogP contribution < -0.4 is 0 Å². The number of thioether (sulfide) groups is 1. The first-order valence-corrected chi connectivity index (χ1v) is 5.87. The van der Waals surface area contributed by atoms with E-state index in [0.29, 0.717) is 0 Å². The molecule has 7 heteroatoms. The van der Waals surface area contributed by atoms with E-state index in [-0.39, 0.29) is 15.6 Å². The Morgan fingerprint density at radius 2 is 2.06 bits per heavy atom. The highest BCUT2D eigenvalue weighted by molar-refractivity contribution is 7.99. The second-order valence-corrected chi connectivity index (χ2v) is 4.99. The molecule has 1 aromatic rings. The SMILES string of the molecule is CCC(C)Sc1cc(C(F)(F)F)nc(Cl)n1. The van der Waals surface area contributed by atoms with Gasteiger partial charge in [0.1, 0.15) is 5.03 Å². The maximum atomic E-state index is 12.4. The van der Waals surface area contributed by atoms with Crippen LogP contribution in [0.2, 0.25) is 5.28 Å². The molecule has 1 heterocycles. The Labute approximate surface area is 101 Å². The minimum Gasteiger partial charge on any atom is -0.213 e. The van der Waals surface area contributed by atoms with Crippen molar-refractivity contribution in [3.05, 3.63) is 17.0 Å². The molecular weight excluding hydrogens is 261 g/mol. The summed E-state index contributed by atoms with van der Waals surface area (Å²) < 4.78 is 37.2. The zero-order valence-corrected chi connectivity index (χ0v) is 10.2. The molecule has 0 spiro atoms. The fourth-order valence-electron chi connectivity index (χ4n) is 0.892. The van der Waals surface area contributed by atoms with Gasteiger partial charge in [-0.15, -0.1) is 11.8 Å². The lowest BCUT2D eigenvalue weighted by Gasteiger charge is -2.10. The monoisotopic (exact) mass is 270 g/mol. The molecular formula is C9H10ClF3N2S. The van der Waals surface area contributed by atoms with E-state index in [2.05, 4.69) is 9.97 Å². The molecule has 0 saturated carbocycles. The quantitative estimate of drug-likeness (QED) is 0.471. The zero-order valence-electron chi connectivity index (χ0n) is 8.68. The number of halogens is 4. The van der Waals surface area contributed by atoms with E-state index < -0.39 is 11.9 Å². The fraction of sp³-hybridized carbons (Fsp3) is 0.556. The summed E-state index contributed by atoms with van der Waals surface area (Å²) in [5, 5.41) is 0.0642. The van der Waals surface area contributed by atoms with Gasteiger partial charge in [0, 0.05) is 11.3 Å². The molecule has 16 heavy (non-hydrogen) atoms. The summed E-state index contributed by atoms with van der Waals surface area (Å²) in [5.41, 5.74) is -1.00. The molecule has 0 aliphatic heterocycles. The molecule has 1 unspecified atom stereocenters. The summed E-state index contributed by atoms with van der Waals surface area (Å²) in [6.07, 6.45) is -3.65. The topological polar surface area (TPSA) is 25.8 Å². The van der Waals surface area contributed by atoms with Gasteiger partial charge in [-0.25, -0.2) is 9.97 Å². The molecule has 0 bridgehead atoms. The first kappa shape index (κ1) is 13.6. The molecule has 0 aliphatic rings. The van der Waals surface area contributed by atoms with E-state index in [1.807, 2.05) is 13.8 Å². The molecule has 0 N–H and O–H groups in total. The number of aromatic nitrogens is 2. The third kappa shape index (κ3) is 3.83. The van der Waals surface area contributed by atoms with E-state index in [1.54, 1.807) is 0 Å². The van der Waals surface area contributed by atoms with Gasteiger partial charge in [-0.3, -0.25) is 0 Å². The molecule has 1 rings (SSSR count). The summed E-state index contributed by atoms with van der Waals surface area (Å²) in [6, 6.07) is 0.919. The van der Waals surface area contributed by atoms with Crippen LogP contribution in [0.25, 0.3) is 0 Å². The first-order chi connectivity index (χ1) is 7.32. The lowest BCUT2D eigenvalue weighted by molar-refractivity contribution is -0.141. The Hall–Kier alpha value is -0.490. The van der Waals surface area contributed by atoms with Gasteiger partial charge in [0.15, 0.2) is 5.69 Å². The maximum Gasteiger partial charge on any atom is 0.433 e. The highest BCUT2D eigenvalue weighted by Crippen LogP contribution is 2.32. The van der Waals surface area contributed by atoms with E-state index in [9.17, 15) is 13.2 Å². The molecule has 1 aromatic heterocycles. The molecule has 0 fully saturated rings. The number of alkyl halides is 3. The number of hydrogen-bond acceptors (Lipinski definition) is 3. The van der Waals surface area contributed by atoms with Crippen LogP contribution in [0.1, 0.15) is 26.0 Å². The Bertz CT molecular complexity index is 370. The van der Waals surface area contributed by atoms with Crippen molar-refractivity contribution in [3.8, 4) is 0 Å². The van der Waals surface area contributed by atoms with Crippen LogP contribution in [0, 0.1) is 0 Å². The van der Waals surface area contributed by atoms with Crippen LogP contribution >= 0.6 is 23.4 Å². The average molecular weight is 271 g/mol. The van der Waals surface area contributed by atoms with Gasteiger partial charge in [-0.05, 0) is 18.0 Å². The third-order valence-electron chi connectivity index (χ3n) is 1.86. The van der Waals surface area contributed by atoms with Gasteiger partial charge in [-0.2, -0.15) is 13.2 Å². The van der Waals surface area contributed by atoms with Crippen LogP contribution in [0.3, 0.4) is 0 Å². The van der Waals surface area contributed by atoms with Gasteiger partial charge >= 0.3 is 6.18 Å². The second kappa shape index (κ2) is 5.23. The van der Waals surface area contributed by atoms with Crippen LogP contribution in [-0.4, -0.2) is 15.2 Å². The highest BCUT2D eigenvalue weighted by atomic mass is 35.5. The lowest BCUT2D eigenvalue weighted by atomic mass is 10.4. The maximum absolute atomic E-state index is 12.4. The summed E-state index contributed by atoms with van der Waals surface area (Å²) in [5.74, 6) is 0. The van der Waals surface area contributed by atoms with Crippen molar-refractivity contribution in [1.29, 1.82) is 0 Å². The lowest BCUT2D eigenvalue weighted by Crippen LogP contribution is -2.09. The van der Waals surface area contributed by atoms with E-state index in [4.69, 9.17) is 11.6 Å². The normalized spacial score (nSPS) is 13.9. The minimum atomic E-state index is -4.49. The van der Waals surface area contributed by atoms with Crippen molar-refractivity contribution in [3.63, 3.8) is 0 Å². The molecule has 0 amide bonds. The fourth-order valence-corrected chi connectivity index (χ4v) is 2.02. The number of hydrogen-bond donors (Lipinski definition) is 0. The van der Waals surface area contributed by atoms with Gasteiger partial charge in [0.25, 0.3) is 0 Å². The average Bonchev–Trinajstić information content (AvgIpc) is 2.15. The number of rotatable bonds is 3. The largest absolute Gasteiger partial charge is 0.433 e. The second-order valence-electron chi connectivity index (χ2n) is 3.19. The van der Waals surface area contributed by atoms with Crippen molar-refractivity contribution >= 4 is 23.4 Å². The molecule has 2 nitrogen and oxygen atoms in total. The van der Waals surface area contributed by atoms with E-state index >= 15 is 0 Å². The van der Waals surface area contributed by atoms with Crippen molar-refractivity contribution in [2.45, 2.75) is 36.7 Å². The van der Waals surface area contributed by atoms with Gasteiger partial charge < -0.3 is 0 Å². The third-order valence-corrected chi connectivity index (χ3v) is 3.22. The summed E-state index contributed by atoms with van der Waals surface area (Å²) in [6.45, 7) is 3.86. The van der Waals surface area contributed by atoms with Gasteiger partial charge in [0.05, 0.1) is 0 Å². The predicted octanol–water partition coefficient (Wildman–Crippen LogP) is 4.04. The van der Waals surface area contributed by atoms with Crippen LogP contribution in [0.5, 0.6) is 0 Å². The standard InChI is InChI=1S/C9H10ClF3N2S/c1-3-5(2)16-7-4-6(9(11,12)13)14-8(10)15-7/h4-5H,3H2,1-2H3. The summed E-state index contributed by atoms with van der Waals surface area (Å²) >= 11 is 6.70. The van der Waals surface area contributed by atoms with Crippen LogP contribution in [0.4, 0.5) is 13.2 Å². The number of nitrogens with zero attached hydrogens (tertiary/aromatic N) is 2. The summed E-state index contributed by atoms with van der Waals surface area (Å²) in [4.78, 5) is 6.91. The Morgan fingerprint density at radius 3 is 2.56 bits per heavy atom. The van der Waals surface area contributed by atoms with E-state index in [1.165, 1.54) is 11.8 Å². The van der Waals surface area contributed by atoms with Gasteiger partial charge in [-0.1, -0.05) is 13.8 Å². The summed E-state index contributed by atoms with van der Waals surface area (Å²) in [7, 11) is 0. The van der Waals surface area contributed by atoms with Crippen molar-refractivity contribution in [2.75, 3.05) is 0 Å². The van der Waals surface area contributed by atoms with E-state index in [0.717, 1.165) is 12.5 Å². The minimum absolute atomic E-state index is 0.187. The van der Waals surface area contributed by atoms with Crippen LogP contribution in [0.15, 0.2) is 11.1 Å². The molecule has 1 atom stereocenters. The molecule has 0 radical (unpaired) electrons. The molecule has 0 aliphatic carbocycles. The molecule has 0 aromatic carbocycles.